The van der Waals surface area contributed by atoms with Crippen LogP contribution in [0.1, 0.15) is 5.56 Å². The molecular weight excluding hydrogens is 306 g/mol. The molecule has 0 saturated heterocycles. The minimum atomic E-state index is -0.170. The molecular formula is C15H12ClN3OS. The third-order valence-corrected chi connectivity index (χ3v) is 4.09. The molecule has 0 bridgehead atoms. The van der Waals surface area contributed by atoms with Gasteiger partial charge in [-0.05, 0) is 30.9 Å². The second kappa shape index (κ2) is 5.50. The van der Waals surface area contributed by atoms with Crippen molar-refractivity contribution in [1.82, 2.24) is 14.5 Å². The van der Waals surface area contributed by atoms with Gasteiger partial charge in [0.2, 0.25) is 0 Å². The van der Waals surface area contributed by atoms with Crippen LogP contribution in [0.15, 0.2) is 46.6 Å². The highest BCUT2D eigenvalue weighted by atomic mass is 35.5. The van der Waals surface area contributed by atoms with Crippen molar-refractivity contribution in [3.63, 3.8) is 0 Å². The van der Waals surface area contributed by atoms with Gasteiger partial charge in [-0.25, -0.2) is 9.97 Å². The molecule has 2 aromatic heterocycles. The first-order valence-corrected chi connectivity index (χ1v) is 7.90. The maximum absolute atomic E-state index is 12.7. The molecule has 0 radical (unpaired) electrons. The predicted molar refractivity (Wildman–Crippen MR) is 86.7 cm³/mol. The number of hydrogen-bond donors (Lipinski definition) is 0. The number of nitrogens with zero attached hydrogens (tertiary/aromatic N) is 3. The van der Waals surface area contributed by atoms with Gasteiger partial charge in [-0.1, -0.05) is 35.5 Å². The molecule has 6 heteroatoms. The first-order valence-electron chi connectivity index (χ1n) is 6.29. The Morgan fingerprint density at radius 1 is 1.29 bits per heavy atom. The molecule has 0 fully saturated rings. The van der Waals surface area contributed by atoms with Crippen LogP contribution in [0.3, 0.4) is 0 Å². The summed E-state index contributed by atoms with van der Waals surface area (Å²) in [7, 11) is 0. The lowest BCUT2D eigenvalue weighted by Crippen LogP contribution is -2.19. The standard InChI is InChI=1S/C15H12ClN3OS/c1-9-8-19(12-6-4-3-5-11(12)16)14(20)10-7-17-15(21-2)18-13(9)10/h3-8H,1-2H3. The molecule has 0 aliphatic rings. The van der Waals surface area contributed by atoms with Crippen LogP contribution >= 0.6 is 23.4 Å². The van der Waals surface area contributed by atoms with E-state index in [9.17, 15) is 4.79 Å². The van der Waals surface area contributed by atoms with Crippen molar-refractivity contribution < 1.29 is 0 Å². The van der Waals surface area contributed by atoms with Crippen LogP contribution in [0.25, 0.3) is 16.6 Å². The van der Waals surface area contributed by atoms with Gasteiger partial charge in [-0.2, -0.15) is 0 Å². The minimum absolute atomic E-state index is 0.170. The number of pyridine rings is 1. The molecule has 21 heavy (non-hydrogen) atoms. The fourth-order valence-corrected chi connectivity index (χ4v) is 2.76. The zero-order valence-corrected chi connectivity index (χ0v) is 13.1. The Hall–Kier alpha value is -1.85. The number of aromatic nitrogens is 3. The molecule has 4 nitrogen and oxygen atoms in total. The summed E-state index contributed by atoms with van der Waals surface area (Å²) in [6.45, 7) is 1.92. The van der Waals surface area contributed by atoms with E-state index in [0.717, 1.165) is 5.56 Å². The van der Waals surface area contributed by atoms with E-state index in [1.54, 1.807) is 23.0 Å². The van der Waals surface area contributed by atoms with E-state index in [-0.39, 0.29) is 5.56 Å². The van der Waals surface area contributed by atoms with Gasteiger partial charge in [0.25, 0.3) is 5.56 Å². The number of halogens is 1. The van der Waals surface area contributed by atoms with E-state index >= 15 is 0 Å². The van der Waals surface area contributed by atoms with Crippen LogP contribution in [0.4, 0.5) is 0 Å². The second-order valence-electron chi connectivity index (χ2n) is 4.56. The van der Waals surface area contributed by atoms with Gasteiger partial charge in [-0.15, -0.1) is 0 Å². The molecule has 0 N–H and O–H groups in total. The largest absolute Gasteiger partial charge is 0.282 e. The van der Waals surface area contributed by atoms with E-state index < -0.39 is 0 Å². The molecule has 0 aliphatic heterocycles. The lowest BCUT2D eigenvalue weighted by Gasteiger charge is -2.11. The zero-order chi connectivity index (χ0) is 15.0. The molecule has 3 rings (SSSR count). The first-order chi connectivity index (χ1) is 10.1. The van der Waals surface area contributed by atoms with E-state index in [4.69, 9.17) is 11.6 Å². The van der Waals surface area contributed by atoms with E-state index in [0.29, 0.717) is 26.8 Å². The predicted octanol–water partition coefficient (Wildman–Crippen LogP) is 3.46. The fraction of sp³-hybridized carbons (Fsp3) is 0.133. The second-order valence-corrected chi connectivity index (χ2v) is 5.74. The van der Waals surface area contributed by atoms with Gasteiger partial charge in [0.1, 0.15) is 0 Å². The molecule has 0 amide bonds. The van der Waals surface area contributed by atoms with Gasteiger partial charge < -0.3 is 0 Å². The molecule has 0 spiro atoms. The van der Waals surface area contributed by atoms with Crippen molar-refractivity contribution in [2.24, 2.45) is 0 Å². The van der Waals surface area contributed by atoms with Gasteiger partial charge in [0.05, 0.1) is 21.6 Å². The Labute approximate surface area is 130 Å². The van der Waals surface area contributed by atoms with E-state index in [1.165, 1.54) is 11.8 Å². The Morgan fingerprint density at radius 3 is 2.76 bits per heavy atom. The van der Waals surface area contributed by atoms with Gasteiger partial charge in [0, 0.05) is 12.4 Å². The minimum Gasteiger partial charge on any atom is -0.282 e. The van der Waals surface area contributed by atoms with Crippen LogP contribution in [-0.4, -0.2) is 20.8 Å². The monoisotopic (exact) mass is 317 g/mol. The maximum Gasteiger partial charge on any atom is 0.266 e. The highest BCUT2D eigenvalue weighted by Gasteiger charge is 2.12. The molecule has 0 unspecified atom stereocenters. The molecule has 0 saturated carbocycles. The molecule has 2 heterocycles. The number of para-hydroxylation sites is 1. The summed E-state index contributed by atoms with van der Waals surface area (Å²) in [6, 6.07) is 7.25. The van der Waals surface area contributed by atoms with Crippen molar-refractivity contribution in [3.05, 3.63) is 57.6 Å². The zero-order valence-electron chi connectivity index (χ0n) is 11.5. The maximum atomic E-state index is 12.7. The topological polar surface area (TPSA) is 47.8 Å². The Morgan fingerprint density at radius 2 is 2.05 bits per heavy atom. The normalized spacial score (nSPS) is 11.0. The Balaban J connectivity index is 2.35. The first kappa shape index (κ1) is 14.1. The average Bonchev–Trinajstić information content (AvgIpc) is 2.51. The summed E-state index contributed by atoms with van der Waals surface area (Å²) < 4.78 is 1.54. The van der Waals surface area contributed by atoms with Crippen LogP contribution in [0, 0.1) is 6.92 Å². The average molecular weight is 318 g/mol. The van der Waals surface area contributed by atoms with Gasteiger partial charge >= 0.3 is 0 Å². The van der Waals surface area contributed by atoms with Crippen molar-refractivity contribution in [1.29, 1.82) is 0 Å². The fourth-order valence-electron chi connectivity index (χ4n) is 2.19. The van der Waals surface area contributed by atoms with Gasteiger partial charge in [0.15, 0.2) is 5.16 Å². The van der Waals surface area contributed by atoms with Crippen molar-refractivity contribution in [2.45, 2.75) is 12.1 Å². The van der Waals surface area contributed by atoms with Crippen LogP contribution < -0.4 is 5.56 Å². The van der Waals surface area contributed by atoms with Crippen molar-refractivity contribution >= 4 is 34.3 Å². The summed E-state index contributed by atoms with van der Waals surface area (Å²) in [5.74, 6) is 0. The summed E-state index contributed by atoms with van der Waals surface area (Å²) in [6.07, 6.45) is 5.25. The molecule has 0 aliphatic carbocycles. The molecule has 0 atom stereocenters. The molecule has 3 aromatic rings. The number of hydrogen-bond acceptors (Lipinski definition) is 4. The number of fused-ring (bicyclic) bond motifs is 1. The smallest absolute Gasteiger partial charge is 0.266 e. The number of thioether (sulfide) groups is 1. The summed E-state index contributed by atoms with van der Waals surface area (Å²) in [5, 5.41) is 1.67. The summed E-state index contributed by atoms with van der Waals surface area (Å²) in [5.41, 5.74) is 2.07. The van der Waals surface area contributed by atoms with Crippen molar-refractivity contribution in [3.8, 4) is 5.69 Å². The van der Waals surface area contributed by atoms with Gasteiger partial charge in [-0.3, -0.25) is 9.36 Å². The van der Waals surface area contributed by atoms with Crippen LogP contribution in [0.5, 0.6) is 0 Å². The number of rotatable bonds is 2. The van der Waals surface area contributed by atoms with E-state index in [2.05, 4.69) is 9.97 Å². The third-order valence-electron chi connectivity index (χ3n) is 3.21. The third kappa shape index (κ3) is 2.43. The lowest BCUT2D eigenvalue weighted by molar-refractivity contribution is 0.958. The summed E-state index contributed by atoms with van der Waals surface area (Å²) in [4.78, 5) is 21.3. The van der Waals surface area contributed by atoms with Crippen LogP contribution in [-0.2, 0) is 0 Å². The summed E-state index contributed by atoms with van der Waals surface area (Å²) >= 11 is 7.64. The highest BCUT2D eigenvalue weighted by Crippen LogP contribution is 2.21. The molecule has 106 valence electrons. The molecule has 1 aromatic carbocycles. The van der Waals surface area contributed by atoms with Crippen molar-refractivity contribution in [2.75, 3.05) is 6.26 Å². The van der Waals surface area contributed by atoms with E-state index in [1.807, 2.05) is 31.4 Å². The SMILES string of the molecule is CSc1ncc2c(=O)n(-c3ccccc3Cl)cc(C)c2n1. The quantitative estimate of drug-likeness (QED) is 0.536. The Bertz CT molecular complexity index is 892. The van der Waals surface area contributed by atoms with Crippen LogP contribution in [0.2, 0.25) is 5.02 Å². The number of aryl methyl sites for hydroxylation is 1. The lowest BCUT2D eigenvalue weighted by atomic mass is 10.2. The highest BCUT2D eigenvalue weighted by molar-refractivity contribution is 7.98. The Kier molecular flexibility index (Phi) is 3.69. The number of benzene rings is 1.